The molecule has 0 radical (unpaired) electrons. The Hall–Kier alpha value is -4.42. The van der Waals surface area contributed by atoms with Crippen LogP contribution in [0, 0.1) is 18.8 Å². The zero-order valence-electron chi connectivity index (χ0n) is 31.1. The maximum atomic E-state index is 14.1. The fraction of sp³-hybridized carbons (Fsp3) is 0.500. The Balaban J connectivity index is 1.53. The van der Waals surface area contributed by atoms with Gasteiger partial charge < -0.3 is 26.0 Å². The number of benzene rings is 2. The van der Waals surface area contributed by atoms with Gasteiger partial charge in [-0.25, -0.2) is 4.98 Å². The van der Waals surface area contributed by atoms with Crippen LogP contribution in [0.15, 0.2) is 66.0 Å². The molecule has 0 aliphatic carbocycles. The number of epoxide rings is 1. The number of rotatable bonds is 20. The maximum absolute atomic E-state index is 14.1. The lowest BCUT2D eigenvalue weighted by molar-refractivity contribution is -0.135. The quantitative estimate of drug-likeness (QED) is 0.127. The number of nitrogens with zero attached hydrogens (tertiary/aromatic N) is 1. The van der Waals surface area contributed by atoms with Gasteiger partial charge in [0.25, 0.3) is 0 Å². The minimum absolute atomic E-state index is 0.00930. The molecule has 4 N–H and O–H groups in total. The maximum Gasteiger partial charge on any atom is 0.243 e. The molecule has 4 amide bonds. The Morgan fingerprint density at radius 2 is 1.27 bits per heavy atom. The Bertz CT molecular complexity index is 1660. The van der Waals surface area contributed by atoms with Gasteiger partial charge in [-0.2, -0.15) is 0 Å². The lowest BCUT2D eigenvalue weighted by Gasteiger charge is -2.28. The largest absolute Gasteiger partial charge is 0.361 e. The summed E-state index contributed by atoms with van der Waals surface area (Å²) < 4.78 is 5.40. The fourth-order valence-corrected chi connectivity index (χ4v) is 6.64. The predicted molar refractivity (Wildman–Crippen MR) is 201 cm³/mol. The summed E-state index contributed by atoms with van der Waals surface area (Å²) in [6.45, 7) is 11.7. The van der Waals surface area contributed by atoms with E-state index in [4.69, 9.17) is 4.74 Å². The number of thiazole rings is 1. The molecule has 0 unspecified atom stereocenters. The van der Waals surface area contributed by atoms with Crippen molar-refractivity contribution in [3.8, 4) is 0 Å². The molecule has 11 nitrogen and oxygen atoms in total. The highest BCUT2D eigenvalue weighted by Crippen LogP contribution is 2.29. The Morgan fingerprint density at radius 1 is 0.750 bits per heavy atom. The van der Waals surface area contributed by atoms with Crippen LogP contribution in [-0.4, -0.2) is 70.8 Å². The second-order valence-electron chi connectivity index (χ2n) is 14.7. The van der Waals surface area contributed by atoms with E-state index in [1.165, 1.54) is 11.3 Å². The third kappa shape index (κ3) is 12.7. The normalized spacial score (nSPS) is 17.5. The van der Waals surface area contributed by atoms with Crippen LogP contribution < -0.4 is 21.3 Å². The first kappa shape index (κ1) is 40.4. The molecule has 1 aliphatic rings. The van der Waals surface area contributed by atoms with E-state index in [-0.39, 0.29) is 36.4 Å². The molecule has 12 heteroatoms. The highest BCUT2D eigenvalue weighted by atomic mass is 32.1. The molecule has 1 aliphatic heterocycles. The lowest BCUT2D eigenvalue weighted by atomic mass is 9.93. The molecular formula is C40H53N5O6S. The number of aryl methyl sites for hydroxylation is 2. The number of hydrogen-bond donors (Lipinski definition) is 4. The van der Waals surface area contributed by atoms with Gasteiger partial charge in [-0.05, 0) is 62.5 Å². The average Bonchev–Trinajstić information content (AvgIpc) is 3.73. The number of carbonyl (C=O) groups excluding carboxylic acids is 5. The number of hydrogen-bond acceptors (Lipinski definition) is 8. The van der Waals surface area contributed by atoms with Gasteiger partial charge in [0.15, 0.2) is 5.78 Å². The number of nitrogens with one attached hydrogen (secondary N) is 4. The summed E-state index contributed by atoms with van der Waals surface area (Å²) in [6.07, 6.45) is 1.73. The van der Waals surface area contributed by atoms with Gasteiger partial charge in [0.05, 0.1) is 29.8 Å². The van der Waals surface area contributed by atoms with Gasteiger partial charge in [0, 0.05) is 11.8 Å². The monoisotopic (exact) mass is 731 g/mol. The van der Waals surface area contributed by atoms with Crippen molar-refractivity contribution in [1.82, 2.24) is 26.3 Å². The summed E-state index contributed by atoms with van der Waals surface area (Å²) in [5.41, 5.74) is 1.52. The third-order valence-corrected chi connectivity index (χ3v) is 9.74. The number of carbonyl (C=O) groups is 5. The molecule has 5 atom stereocenters. The molecule has 280 valence electrons. The van der Waals surface area contributed by atoms with E-state index >= 15 is 0 Å². The first-order valence-electron chi connectivity index (χ1n) is 18.1. The predicted octanol–water partition coefficient (Wildman–Crippen LogP) is 4.26. The van der Waals surface area contributed by atoms with Crippen LogP contribution in [0.4, 0.5) is 0 Å². The van der Waals surface area contributed by atoms with Crippen molar-refractivity contribution in [2.24, 2.45) is 11.8 Å². The summed E-state index contributed by atoms with van der Waals surface area (Å²) in [7, 11) is 0. The standard InChI is InChI=1S/C40H53N5O6S/c1-25(2)19-32(36(47)40(6)24-51-40)43-39(50)34(21-29-15-11-8-12-16-29)45-38(49)33(20-26(3)4)44-37(48)31(18-17-28-13-9-7-10-14-28)42-35(46)22-30-23-52-27(5)41-30/h7-16,23,25-26,31-34H,17-22,24H2,1-6H3,(H,42,46)(H,43,50)(H,44,48)(H,45,49)/t31-,32-,33-,34-,40+/m0/s1. The van der Waals surface area contributed by atoms with Gasteiger partial charge in [0.1, 0.15) is 23.7 Å². The van der Waals surface area contributed by atoms with Gasteiger partial charge in [-0.15, -0.1) is 11.3 Å². The van der Waals surface area contributed by atoms with Crippen molar-refractivity contribution in [2.45, 2.75) is 110 Å². The summed E-state index contributed by atoms with van der Waals surface area (Å²) in [6, 6.07) is 15.2. The molecule has 1 saturated heterocycles. The second-order valence-corrected chi connectivity index (χ2v) is 15.8. The lowest BCUT2D eigenvalue weighted by Crippen LogP contribution is -2.59. The van der Waals surface area contributed by atoms with Crippen molar-refractivity contribution in [2.75, 3.05) is 6.61 Å². The van der Waals surface area contributed by atoms with Crippen molar-refractivity contribution in [1.29, 1.82) is 0 Å². The molecule has 2 heterocycles. The zero-order valence-corrected chi connectivity index (χ0v) is 31.9. The Morgan fingerprint density at radius 3 is 1.83 bits per heavy atom. The van der Waals surface area contributed by atoms with Crippen molar-refractivity contribution < 1.29 is 28.7 Å². The van der Waals surface area contributed by atoms with Gasteiger partial charge in [0.2, 0.25) is 23.6 Å². The zero-order chi connectivity index (χ0) is 37.8. The van der Waals surface area contributed by atoms with Crippen LogP contribution >= 0.6 is 11.3 Å². The molecule has 0 spiro atoms. The molecule has 2 aromatic carbocycles. The second kappa shape index (κ2) is 18.9. The smallest absolute Gasteiger partial charge is 0.243 e. The average molecular weight is 732 g/mol. The third-order valence-electron chi connectivity index (χ3n) is 8.92. The number of ether oxygens (including phenoxy) is 1. The van der Waals surface area contributed by atoms with E-state index in [0.717, 1.165) is 16.1 Å². The molecule has 4 rings (SSSR count). The van der Waals surface area contributed by atoms with Crippen LogP contribution in [0.2, 0.25) is 0 Å². The summed E-state index contributed by atoms with van der Waals surface area (Å²) >= 11 is 1.45. The molecule has 0 saturated carbocycles. The Kier molecular flexibility index (Phi) is 14.7. The van der Waals surface area contributed by atoms with Crippen molar-refractivity contribution in [3.05, 3.63) is 87.9 Å². The number of ketones is 1. The van der Waals surface area contributed by atoms with Crippen molar-refractivity contribution >= 4 is 40.7 Å². The highest BCUT2D eigenvalue weighted by Gasteiger charge is 2.50. The van der Waals surface area contributed by atoms with E-state index in [2.05, 4.69) is 26.3 Å². The number of aromatic nitrogens is 1. The summed E-state index contributed by atoms with van der Waals surface area (Å²) in [5.74, 6) is -1.95. The molecular weight excluding hydrogens is 679 g/mol. The first-order valence-corrected chi connectivity index (χ1v) is 19.0. The van der Waals surface area contributed by atoms with Crippen LogP contribution in [0.3, 0.4) is 0 Å². The van der Waals surface area contributed by atoms with E-state index < -0.39 is 47.5 Å². The summed E-state index contributed by atoms with van der Waals surface area (Å²) in [5, 5.41) is 14.2. The Labute approximate surface area is 311 Å². The SMILES string of the molecule is Cc1nc(CC(=O)N[C@@H](CCc2ccccc2)C(=O)N[C@@H](CC(C)C)C(=O)N[C@@H](Cc2ccccc2)C(=O)N[C@@H](CC(C)C)C(=O)[C@@]2(C)CO2)cs1. The van der Waals surface area contributed by atoms with E-state index in [1.54, 1.807) is 6.92 Å². The van der Waals surface area contributed by atoms with Crippen LogP contribution in [0.25, 0.3) is 0 Å². The van der Waals surface area contributed by atoms with E-state index in [0.29, 0.717) is 38.0 Å². The fourth-order valence-electron chi connectivity index (χ4n) is 6.02. The molecule has 0 bridgehead atoms. The van der Waals surface area contributed by atoms with Crippen LogP contribution in [-0.2, 0) is 48.0 Å². The topological polar surface area (TPSA) is 159 Å². The van der Waals surface area contributed by atoms with E-state index in [9.17, 15) is 24.0 Å². The van der Waals surface area contributed by atoms with E-state index in [1.807, 2.05) is 101 Å². The molecule has 52 heavy (non-hydrogen) atoms. The molecule has 1 aromatic heterocycles. The number of Topliss-reactive ketones (excluding diaryl/α,β-unsaturated/α-hetero) is 1. The number of amides is 4. The molecule has 3 aromatic rings. The van der Waals surface area contributed by atoms with Gasteiger partial charge in [-0.1, -0.05) is 88.4 Å². The van der Waals surface area contributed by atoms with Gasteiger partial charge >= 0.3 is 0 Å². The van der Waals surface area contributed by atoms with Crippen molar-refractivity contribution in [3.63, 3.8) is 0 Å². The first-order chi connectivity index (χ1) is 24.7. The van der Waals surface area contributed by atoms with Crippen LogP contribution in [0.5, 0.6) is 0 Å². The minimum Gasteiger partial charge on any atom is -0.361 e. The van der Waals surface area contributed by atoms with Gasteiger partial charge in [-0.3, -0.25) is 24.0 Å². The summed E-state index contributed by atoms with van der Waals surface area (Å²) in [4.78, 5) is 72.8. The minimum atomic E-state index is -1.04. The van der Waals surface area contributed by atoms with Crippen LogP contribution in [0.1, 0.15) is 75.7 Å². The molecule has 1 fully saturated rings. The highest BCUT2D eigenvalue weighted by molar-refractivity contribution is 7.09.